The molecular weight excluding hydrogens is 462 g/mol. The number of nitrogens with one attached hydrogen (secondary N) is 1. The molecule has 8 nitrogen and oxygen atoms in total. The summed E-state index contributed by atoms with van der Waals surface area (Å²) in [6.45, 7) is 4.32. The minimum Gasteiger partial charge on any atom is -0.369 e. The number of hydrogen-bond acceptors (Lipinski definition) is 5. The molecule has 2 heterocycles. The average Bonchev–Trinajstić information content (AvgIpc) is 3.26. The van der Waals surface area contributed by atoms with Crippen LogP contribution < -0.4 is 10.2 Å². The van der Waals surface area contributed by atoms with Gasteiger partial charge in [0, 0.05) is 55.7 Å². The van der Waals surface area contributed by atoms with Gasteiger partial charge in [-0.3, -0.25) is 9.48 Å². The second-order valence-electron chi connectivity index (χ2n) is 8.79. The quantitative estimate of drug-likeness (QED) is 0.637. The highest BCUT2D eigenvalue weighted by Gasteiger charge is 2.35. The van der Waals surface area contributed by atoms with E-state index in [0.717, 1.165) is 37.8 Å². The predicted molar refractivity (Wildman–Crippen MR) is 129 cm³/mol. The standard InChI is InChI=1S/C23H32ClN5O3S/c1-2-12-28-17-21(22(30)25-19-6-4-3-5-7-19)23(26-28)33(31,32)29-15-13-27(14-16-29)20-10-8-18(24)9-11-20/h8-11,17,19H,2-7,12-16H2,1H3,(H,25,30). The summed E-state index contributed by atoms with van der Waals surface area (Å²) in [6.07, 6.45) is 7.60. The van der Waals surface area contributed by atoms with Gasteiger partial charge < -0.3 is 10.2 Å². The van der Waals surface area contributed by atoms with E-state index in [-0.39, 0.29) is 22.5 Å². The summed E-state index contributed by atoms with van der Waals surface area (Å²) in [5, 5.41) is 7.92. The first-order chi connectivity index (χ1) is 15.9. The molecule has 1 aliphatic carbocycles. The molecule has 1 saturated heterocycles. The Kier molecular flexibility index (Phi) is 7.61. The molecule has 0 radical (unpaired) electrons. The molecule has 0 unspecified atom stereocenters. The maximum absolute atomic E-state index is 13.5. The van der Waals surface area contributed by atoms with Crippen molar-refractivity contribution in [2.45, 2.75) is 63.1 Å². The van der Waals surface area contributed by atoms with Gasteiger partial charge in [0.2, 0.25) is 5.03 Å². The third-order valence-corrected chi connectivity index (χ3v) is 8.47. The Morgan fingerprint density at radius 2 is 1.76 bits per heavy atom. The van der Waals surface area contributed by atoms with Crippen LogP contribution in [0.5, 0.6) is 0 Å². The normalized spacial score (nSPS) is 18.4. The molecule has 2 aliphatic rings. The third kappa shape index (κ3) is 5.53. The van der Waals surface area contributed by atoms with Gasteiger partial charge in [-0.2, -0.15) is 9.40 Å². The number of carbonyl (C=O) groups is 1. The second kappa shape index (κ2) is 10.4. The van der Waals surface area contributed by atoms with E-state index in [4.69, 9.17) is 11.6 Å². The second-order valence-corrected chi connectivity index (χ2v) is 11.1. The van der Waals surface area contributed by atoms with Gasteiger partial charge in [-0.05, 0) is 43.5 Å². The number of halogens is 1. The van der Waals surface area contributed by atoms with Crippen LogP contribution in [0.25, 0.3) is 0 Å². The number of aromatic nitrogens is 2. The van der Waals surface area contributed by atoms with E-state index < -0.39 is 10.0 Å². The van der Waals surface area contributed by atoms with Crippen molar-refractivity contribution in [1.29, 1.82) is 0 Å². The van der Waals surface area contributed by atoms with Crippen molar-refractivity contribution >= 4 is 33.2 Å². The molecule has 0 spiro atoms. The fourth-order valence-electron chi connectivity index (χ4n) is 4.56. The molecule has 1 saturated carbocycles. The van der Waals surface area contributed by atoms with Crippen LogP contribution in [0.2, 0.25) is 5.02 Å². The number of aryl methyl sites for hydroxylation is 1. The van der Waals surface area contributed by atoms with Crippen molar-refractivity contribution in [3.63, 3.8) is 0 Å². The summed E-state index contributed by atoms with van der Waals surface area (Å²) < 4.78 is 30.1. The van der Waals surface area contributed by atoms with Crippen molar-refractivity contribution in [2.24, 2.45) is 0 Å². The minimum absolute atomic E-state index is 0.0965. The van der Waals surface area contributed by atoms with E-state index in [2.05, 4.69) is 15.3 Å². The number of sulfonamides is 1. The van der Waals surface area contributed by atoms with E-state index in [1.807, 2.05) is 31.2 Å². The van der Waals surface area contributed by atoms with Gasteiger partial charge in [-0.15, -0.1) is 0 Å². The lowest BCUT2D eigenvalue weighted by Crippen LogP contribution is -2.49. The van der Waals surface area contributed by atoms with E-state index in [1.54, 1.807) is 10.9 Å². The van der Waals surface area contributed by atoms with E-state index >= 15 is 0 Å². The monoisotopic (exact) mass is 493 g/mol. The summed E-state index contributed by atoms with van der Waals surface area (Å²) in [5.41, 5.74) is 1.16. The number of amides is 1. The molecule has 1 N–H and O–H groups in total. The average molecular weight is 494 g/mol. The van der Waals surface area contributed by atoms with Crippen molar-refractivity contribution in [3.05, 3.63) is 41.0 Å². The van der Waals surface area contributed by atoms with Gasteiger partial charge in [-0.25, -0.2) is 8.42 Å². The Morgan fingerprint density at radius 3 is 2.39 bits per heavy atom. The molecule has 0 atom stereocenters. The van der Waals surface area contributed by atoms with Crippen molar-refractivity contribution in [2.75, 3.05) is 31.1 Å². The summed E-state index contributed by atoms with van der Waals surface area (Å²) in [4.78, 5) is 15.2. The van der Waals surface area contributed by atoms with Crippen molar-refractivity contribution in [1.82, 2.24) is 19.4 Å². The molecule has 1 aromatic carbocycles. The summed E-state index contributed by atoms with van der Waals surface area (Å²) >= 11 is 5.98. The van der Waals surface area contributed by atoms with Crippen LogP contribution in [0.4, 0.5) is 5.69 Å². The number of rotatable bonds is 7. The smallest absolute Gasteiger partial charge is 0.263 e. The number of nitrogens with zero attached hydrogens (tertiary/aromatic N) is 4. The maximum atomic E-state index is 13.5. The zero-order valence-corrected chi connectivity index (χ0v) is 20.6. The van der Waals surface area contributed by atoms with Crippen LogP contribution in [0, 0.1) is 0 Å². The number of piperazine rings is 1. The van der Waals surface area contributed by atoms with Crippen molar-refractivity contribution < 1.29 is 13.2 Å². The number of benzene rings is 1. The van der Waals surface area contributed by atoms with E-state index in [1.165, 1.54) is 10.7 Å². The summed E-state index contributed by atoms with van der Waals surface area (Å²) in [7, 11) is -3.90. The zero-order chi connectivity index (χ0) is 23.4. The van der Waals surface area contributed by atoms with Gasteiger partial charge in [0.25, 0.3) is 15.9 Å². The van der Waals surface area contributed by atoms with Gasteiger partial charge in [0.1, 0.15) is 0 Å². The lowest BCUT2D eigenvalue weighted by Gasteiger charge is -2.35. The van der Waals surface area contributed by atoms with Gasteiger partial charge >= 0.3 is 0 Å². The SMILES string of the molecule is CCCn1cc(C(=O)NC2CCCCC2)c(S(=O)(=O)N2CCN(c3ccc(Cl)cc3)CC2)n1. The Bertz CT molecular complexity index is 1060. The molecule has 0 bridgehead atoms. The lowest BCUT2D eigenvalue weighted by atomic mass is 9.95. The van der Waals surface area contributed by atoms with Crippen LogP contribution in [0.1, 0.15) is 55.8 Å². The highest BCUT2D eigenvalue weighted by molar-refractivity contribution is 7.89. The van der Waals surface area contributed by atoms with Gasteiger partial charge in [-0.1, -0.05) is 37.8 Å². The maximum Gasteiger partial charge on any atom is 0.263 e. The molecule has 2 fully saturated rings. The molecule has 2 aromatic rings. The fourth-order valence-corrected chi connectivity index (χ4v) is 6.21. The topological polar surface area (TPSA) is 87.5 Å². The van der Waals surface area contributed by atoms with Crippen LogP contribution in [0.3, 0.4) is 0 Å². The first-order valence-corrected chi connectivity index (χ1v) is 13.6. The zero-order valence-electron chi connectivity index (χ0n) is 19.0. The summed E-state index contributed by atoms with van der Waals surface area (Å²) in [6, 6.07) is 7.63. The van der Waals surface area contributed by atoms with Crippen LogP contribution in [-0.2, 0) is 16.6 Å². The highest BCUT2D eigenvalue weighted by atomic mass is 35.5. The molecule has 1 amide bonds. The number of hydrogen-bond donors (Lipinski definition) is 1. The minimum atomic E-state index is -3.90. The Balaban J connectivity index is 1.51. The number of anilines is 1. The first-order valence-electron chi connectivity index (χ1n) is 11.8. The first kappa shape index (κ1) is 24.0. The van der Waals surface area contributed by atoms with Crippen molar-refractivity contribution in [3.8, 4) is 0 Å². The fraction of sp³-hybridized carbons (Fsp3) is 0.565. The highest BCUT2D eigenvalue weighted by Crippen LogP contribution is 2.25. The van der Waals surface area contributed by atoms with E-state index in [9.17, 15) is 13.2 Å². The van der Waals surface area contributed by atoms with Crippen LogP contribution in [-0.4, -0.2) is 60.6 Å². The third-order valence-electron chi connectivity index (χ3n) is 6.38. The predicted octanol–water partition coefficient (Wildman–Crippen LogP) is 3.52. The van der Waals surface area contributed by atoms with E-state index in [0.29, 0.717) is 37.7 Å². The molecule has 1 aromatic heterocycles. The molecule has 180 valence electrons. The molecule has 4 rings (SSSR count). The van der Waals surface area contributed by atoms with Crippen LogP contribution in [0.15, 0.2) is 35.5 Å². The molecular formula is C23H32ClN5O3S. The Morgan fingerprint density at radius 1 is 1.09 bits per heavy atom. The van der Waals surface area contributed by atoms with Gasteiger partial charge in [0.15, 0.2) is 0 Å². The Hall–Kier alpha value is -2.10. The Labute approximate surface area is 200 Å². The largest absolute Gasteiger partial charge is 0.369 e. The number of carbonyl (C=O) groups excluding carboxylic acids is 1. The molecule has 1 aliphatic heterocycles. The van der Waals surface area contributed by atoms with Crippen LogP contribution >= 0.6 is 11.6 Å². The summed E-state index contributed by atoms with van der Waals surface area (Å²) in [5.74, 6) is -0.345. The molecule has 33 heavy (non-hydrogen) atoms. The molecule has 10 heteroatoms. The van der Waals surface area contributed by atoms with Gasteiger partial charge in [0.05, 0.1) is 5.56 Å². The lowest BCUT2D eigenvalue weighted by molar-refractivity contribution is 0.0924.